The topological polar surface area (TPSA) is 36.1 Å². The molecule has 1 atom stereocenters. The molecule has 3 heterocycles. The molecular formula is C20H17FN2O. The van der Waals surface area contributed by atoms with E-state index in [0.717, 1.165) is 34.1 Å². The number of nitrogens with zero attached hydrogens (tertiary/aromatic N) is 1. The van der Waals surface area contributed by atoms with Crippen LogP contribution in [0.1, 0.15) is 29.3 Å². The minimum Gasteiger partial charge on any atom is -0.356 e. The van der Waals surface area contributed by atoms with E-state index in [1.165, 1.54) is 17.7 Å². The number of hydrogen-bond donors (Lipinski definition) is 1. The van der Waals surface area contributed by atoms with E-state index in [9.17, 15) is 9.18 Å². The maximum atomic E-state index is 13.6. The van der Waals surface area contributed by atoms with Gasteiger partial charge in [-0.3, -0.25) is 4.79 Å². The molecule has 1 amide bonds. The summed E-state index contributed by atoms with van der Waals surface area (Å²) in [6, 6.07) is 13.0. The molecule has 0 saturated heterocycles. The van der Waals surface area contributed by atoms with Gasteiger partial charge in [-0.2, -0.15) is 0 Å². The zero-order valence-corrected chi connectivity index (χ0v) is 13.4. The fourth-order valence-corrected chi connectivity index (χ4v) is 4.55. The molecule has 0 aliphatic carbocycles. The Morgan fingerprint density at radius 2 is 2.04 bits per heavy atom. The van der Waals surface area contributed by atoms with Crippen LogP contribution in [-0.4, -0.2) is 22.3 Å². The maximum absolute atomic E-state index is 13.6. The molecule has 120 valence electrons. The van der Waals surface area contributed by atoms with Gasteiger partial charge in [0.15, 0.2) is 0 Å². The van der Waals surface area contributed by atoms with Crippen LogP contribution in [0.4, 0.5) is 4.39 Å². The number of hydrogen-bond acceptors (Lipinski definition) is 1. The summed E-state index contributed by atoms with van der Waals surface area (Å²) in [5.41, 5.74) is 4.76. The molecule has 0 spiro atoms. The molecule has 1 aromatic heterocycles. The summed E-state index contributed by atoms with van der Waals surface area (Å²) in [6.45, 7) is 2.80. The highest BCUT2D eigenvalue weighted by molar-refractivity contribution is 5.89. The van der Waals surface area contributed by atoms with Crippen molar-refractivity contribution >= 4 is 16.8 Å². The van der Waals surface area contributed by atoms with E-state index in [1.807, 2.05) is 29.2 Å². The van der Waals surface area contributed by atoms with E-state index >= 15 is 0 Å². The standard InChI is InChI=1S/C20H17FN2O/c1-20-16-5-3-2-4-12(16)10-18(24)23(20)9-8-15-14-7-6-13(21)11-17(14)22-19(15)20/h2-7,11,22H,8-10H2,1H3. The summed E-state index contributed by atoms with van der Waals surface area (Å²) in [5.74, 6) is -0.0880. The Balaban J connectivity index is 1.85. The number of benzene rings is 2. The quantitative estimate of drug-likeness (QED) is 0.676. The number of carbonyl (C=O) groups excluding carboxylic acids is 1. The molecule has 0 saturated carbocycles. The van der Waals surface area contributed by atoms with Gasteiger partial charge in [0, 0.05) is 23.1 Å². The van der Waals surface area contributed by atoms with Crippen LogP contribution in [-0.2, 0) is 23.2 Å². The summed E-state index contributed by atoms with van der Waals surface area (Å²) >= 11 is 0. The number of aromatic nitrogens is 1. The number of rotatable bonds is 0. The molecule has 5 rings (SSSR count). The summed E-state index contributed by atoms with van der Waals surface area (Å²) in [7, 11) is 0. The fourth-order valence-electron chi connectivity index (χ4n) is 4.55. The molecule has 3 nitrogen and oxygen atoms in total. The van der Waals surface area contributed by atoms with Crippen LogP contribution in [0.5, 0.6) is 0 Å². The first kappa shape index (κ1) is 13.8. The van der Waals surface area contributed by atoms with Gasteiger partial charge < -0.3 is 9.88 Å². The van der Waals surface area contributed by atoms with Crippen molar-refractivity contribution in [1.29, 1.82) is 0 Å². The number of amides is 1. The van der Waals surface area contributed by atoms with Crippen molar-refractivity contribution in [3.8, 4) is 0 Å². The fraction of sp³-hybridized carbons (Fsp3) is 0.250. The summed E-state index contributed by atoms with van der Waals surface area (Å²) in [4.78, 5) is 18.1. The molecule has 2 aromatic carbocycles. The molecule has 1 unspecified atom stereocenters. The van der Waals surface area contributed by atoms with Crippen molar-refractivity contribution in [2.75, 3.05) is 6.54 Å². The number of fused-ring (bicyclic) bond motifs is 7. The van der Waals surface area contributed by atoms with E-state index in [2.05, 4.69) is 18.0 Å². The zero-order chi connectivity index (χ0) is 16.5. The lowest BCUT2D eigenvalue weighted by Crippen LogP contribution is -2.55. The van der Waals surface area contributed by atoms with Gasteiger partial charge in [-0.15, -0.1) is 0 Å². The van der Waals surface area contributed by atoms with Gasteiger partial charge in [0.2, 0.25) is 5.91 Å². The van der Waals surface area contributed by atoms with Crippen LogP contribution in [0.15, 0.2) is 42.5 Å². The van der Waals surface area contributed by atoms with Gasteiger partial charge in [-0.05, 0) is 48.2 Å². The Kier molecular flexibility index (Phi) is 2.57. The predicted molar refractivity (Wildman–Crippen MR) is 90.3 cm³/mol. The highest BCUT2D eigenvalue weighted by Gasteiger charge is 2.48. The van der Waals surface area contributed by atoms with Crippen LogP contribution in [0, 0.1) is 5.82 Å². The van der Waals surface area contributed by atoms with Crippen molar-refractivity contribution in [2.45, 2.75) is 25.3 Å². The Labute approximate surface area is 139 Å². The third-order valence-electron chi connectivity index (χ3n) is 5.66. The van der Waals surface area contributed by atoms with Crippen LogP contribution in [0.3, 0.4) is 0 Å². The minimum atomic E-state index is -0.519. The molecular weight excluding hydrogens is 303 g/mol. The number of halogens is 1. The van der Waals surface area contributed by atoms with Gasteiger partial charge in [0.25, 0.3) is 0 Å². The van der Waals surface area contributed by atoms with E-state index in [-0.39, 0.29) is 11.7 Å². The van der Waals surface area contributed by atoms with E-state index < -0.39 is 5.54 Å². The largest absolute Gasteiger partial charge is 0.356 e. The average molecular weight is 320 g/mol. The summed E-state index contributed by atoms with van der Waals surface area (Å²) in [6.07, 6.45) is 1.25. The Morgan fingerprint density at radius 1 is 1.21 bits per heavy atom. The lowest BCUT2D eigenvalue weighted by Gasteiger charge is -2.48. The van der Waals surface area contributed by atoms with Crippen molar-refractivity contribution < 1.29 is 9.18 Å². The van der Waals surface area contributed by atoms with Crippen LogP contribution < -0.4 is 0 Å². The normalized spacial score (nSPS) is 22.2. The molecule has 2 aliphatic rings. The third kappa shape index (κ3) is 1.58. The molecule has 0 fully saturated rings. The Morgan fingerprint density at radius 3 is 2.92 bits per heavy atom. The number of nitrogens with one attached hydrogen (secondary N) is 1. The highest BCUT2D eigenvalue weighted by Crippen LogP contribution is 2.46. The van der Waals surface area contributed by atoms with Crippen molar-refractivity contribution in [2.24, 2.45) is 0 Å². The van der Waals surface area contributed by atoms with Crippen molar-refractivity contribution in [1.82, 2.24) is 9.88 Å². The second kappa shape index (κ2) is 4.47. The lowest BCUT2D eigenvalue weighted by molar-refractivity contribution is -0.137. The second-order valence-corrected chi connectivity index (χ2v) is 6.87. The number of aromatic amines is 1. The molecule has 0 bridgehead atoms. The molecule has 24 heavy (non-hydrogen) atoms. The van der Waals surface area contributed by atoms with Gasteiger partial charge in [-0.25, -0.2) is 4.39 Å². The second-order valence-electron chi connectivity index (χ2n) is 6.87. The van der Waals surface area contributed by atoms with Gasteiger partial charge in [-0.1, -0.05) is 24.3 Å². The van der Waals surface area contributed by atoms with E-state index in [1.54, 1.807) is 0 Å². The Hall–Kier alpha value is -2.62. The van der Waals surface area contributed by atoms with Gasteiger partial charge in [0.05, 0.1) is 6.42 Å². The number of carbonyl (C=O) groups is 1. The smallest absolute Gasteiger partial charge is 0.228 e. The number of H-pyrrole nitrogens is 1. The summed E-state index contributed by atoms with van der Waals surface area (Å²) in [5, 5.41) is 1.06. The lowest BCUT2D eigenvalue weighted by atomic mass is 9.75. The molecule has 3 aromatic rings. The minimum absolute atomic E-state index is 0.159. The first-order valence-corrected chi connectivity index (χ1v) is 8.28. The summed E-state index contributed by atoms with van der Waals surface area (Å²) < 4.78 is 13.6. The highest BCUT2D eigenvalue weighted by atomic mass is 19.1. The molecule has 2 aliphatic heterocycles. The van der Waals surface area contributed by atoms with Crippen LogP contribution in [0.2, 0.25) is 0 Å². The van der Waals surface area contributed by atoms with Gasteiger partial charge >= 0.3 is 0 Å². The van der Waals surface area contributed by atoms with Gasteiger partial charge in [0.1, 0.15) is 11.4 Å². The first-order chi connectivity index (χ1) is 11.6. The van der Waals surface area contributed by atoms with Crippen LogP contribution >= 0.6 is 0 Å². The monoisotopic (exact) mass is 320 g/mol. The molecule has 1 N–H and O–H groups in total. The Bertz CT molecular complexity index is 1010. The van der Waals surface area contributed by atoms with Crippen molar-refractivity contribution in [3.63, 3.8) is 0 Å². The van der Waals surface area contributed by atoms with Crippen molar-refractivity contribution in [3.05, 3.63) is 70.7 Å². The van der Waals surface area contributed by atoms with Crippen LogP contribution in [0.25, 0.3) is 10.9 Å². The average Bonchev–Trinajstić information content (AvgIpc) is 2.94. The third-order valence-corrected chi connectivity index (χ3v) is 5.66. The van der Waals surface area contributed by atoms with E-state index in [4.69, 9.17) is 0 Å². The first-order valence-electron chi connectivity index (χ1n) is 8.28. The maximum Gasteiger partial charge on any atom is 0.228 e. The SMILES string of the molecule is CC12c3ccccc3CC(=O)N1CCc1c2[nH]c2cc(F)ccc12. The molecule has 4 heteroatoms. The van der Waals surface area contributed by atoms with E-state index in [0.29, 0.717) is 13.0 Å². The zero-order valence-electron chi connectivity index (χ0n) is 13.4. The molecule has 0 radical (unpaired) electrons. The predicted octanol–water partition coefficient (Wildman–Crippen LogP) is 3.51.